The van der Waals surface area contributed by atoms with Crippen molar-refractivity contribution < 1.29 is 9.53 Å². The number of nitrogens with zero attached hydrogens (tertiary/aromatic N) is 1. The van der Waals surface area contributed by atoms with Gasteiger partial charge in [0.05, 0.1) is 0 Å². The van der Waals surface area contributed by atoms with Crippen molar-refractivity contribution >= 4 is 5.91 Å². The molecule has 0 atom stereocenters. The van der Waals surface area contributed by atoms with Crippen LogP contribution in [0.25, 0.3) is 0 Å². The first-order chi connectivity index (χ1) is 13.2. The second-order valence-corrected chi connectivity index (χ2v) is 8.94. The molecule has 148 valence electrons. The Morgan fingerprint density at radius 3 is 2.67 bits per heavy atom. The Kier molecular flexibility index (Phi) is 5.72. The fourth-order valence-corrected chi connectivity index (χ4v) is 5.22. The van der Waals surface area contributed by atoms with E-state index in [1.807, 2.05) is 7.05 Å². The molecule has 1 aromatic rings. The summed E-state index contributed by atoms with van der Waals surface area (Å²) >= 11 is 0. The Balaban J connectivity index is 1.33. The van der Waals surface area contributed by atoms with Crippen LogP contribution in [0.1, 0.15) is 69.8 Å². The summed E-state index contributed by atoms with van der Waals surface area (Å²) in [7, 11) is 2.02. The molecule has 1 heterocycles. The molecule has 1 amide bonds. The zero-order valence-electron chi connectivity index (χ0n) is 16.7. The van der Waals surface area contributed by atoms with Crippen molar-refractivity contribution in [2.45, 2.75) is 82.4 Å². The molecule has 3 aliphatic rings. The molecule has 4 rings (SSSR count). The van der Waals surface area contributed by atoms with Gasteiger partial charge in [0.2, 0.25) is 5.91 Å². The lowest BCUT2D eigenvalue weighted by Gasteiger charge is -2.42. The second-order valence-electron chi connectivity index (χ2n) is 8.94. The summed E-state index contributed by atoms with van der Waals surface area (Å²) in [5.74, 6) is 2.00. The third-order valence-corrected chi connectivity index (χ3v) is 7.06. The van der Waals surface area contributed by atoms with Crippen LogP contribution in [0.4, 0.5) is 0 Å². The molecule has 0 bridgehead atoms. The van der Waals surface area contributed by atoms with E-state index in [9.17, 15) is 4.79 Å². The highest BCUT2D eigenvalue weighted by Crippen LogP contribution is 2.37. The smallest absolute Gasteiger partial charge is 0.222 e. The van der Waals surface area contributed by atoms with Gasteiger partial charge >= 0.3 is 0 Å². The number of rotatable bonds is 3. The van der Waals surface area contributed by atoms with Crippen LogP contribution in [0.2, 0.25) is 0 Å². The van der Waals surface area contributed by atoms with E-state index >= 15 is 0 Å². The van der Waals surface area contributed by atoms with Gasteiger partial charge in [0.1, 0.15) is 11.4 Å². The Labute approximate surface area is 163 Å². The van der Waals surface area contributed by atoms with Crippen LogP contribution in [-0.4, -0.2) is 36.0 Å². The van der Waals surface area contributed by atoms with Gasteiger partial charge in [-0.1, -0.05) is 37.5 Å². The van der Waals surface area contributed by atoms with Gasteiger partial charge in [-0.25, -0.2) is 0 Å². The summed E-state index contributed by atoms with van der Waals surface area (Å²) in [6.45, 7) is 1.77. The first kappa shape index (κ1) is 18.8. The summed E-state index contributed by atoms with van der Waals surface area (Å²) in [6.07, 6.45) is 11.3. The fraction of sp³-hybridized carbons (Fsp3) is 0.696. The first-order valence-corrected chi connectivity index (χ1v) is 10.9. The number of hydrogen-bond donors (Lipinski definition) is 1. The van der Waals surface area contributed by atoms with Crippen molar-refractivity contribution in [2.75, 3.05) is 13.6 Å². The molecule has 2 saturated carbocycles. The van der Waals surface area contributed by atoms with E-state index < -0.39 is 0 Å². The quantitative estimate of drug-likeness (QED) is 0.863. The summed E-state index contributed by atoms with van der Waals surface area (Å²) in [5.41, 5.74) is 1.13. The Hall–Kier alpha value is -1.55. The minimum atomic E-state index is -0.115. The van der Waals surface area contributed by atoms with Crippen molar-refractivity contribution in [1.82, 2.24) is 10.2 Å². The zero-order valence-corrected chi connectivity index (χ0v) is 16.7. The topological polar surface area (TPSA) is 41.6 Å². The lowest BCUT2D eigenvalue weighted by atomic mass is 9.81. The van der Waals surface area contributed by atoms with Crippen LogP contribution in [-0.2, 0) is 11.3 Å². The van der Waals surface area contributed by atoms with Crippen LogP contribution >= 0.6 is 0 Å². The second kappa shape index (κ2) is 8.22. The number of carbonyl (C=O) groups excluding carboxylic acids is 1. The molecule has 2 aliphatic carbocycles. The predicted octanol–water partition coefficient (Wildman–Crippen LogP) is 4.28. The van der Waals surface area contributed by atoms with Crippen molar-refractivity contribution in [1.29, 1.82) is 0 Å². The molecule has 0 unspecified atom stereocenters. The zero-order chi connectivity index (χ0) is 18.7. The highest BCUT2D eigenvalue weighted by atomic mass is 16.5. The van der Waals surface area contributed by atoms with E-state index in [1.54, 1.807) is 0 Å². The number of benzene rings is 1. The largest absolute Gasteiger partial charge is 0.486 e. The van der Waals surface area contributed by atoms with Crippen LogP contribution in [0.3, 0.4) is 0 Å². The molecular weight excluding hydrogens is 336 g/mol. The van der Waals surface area contributed by atoms with E-state index in [-0.39, 0.29) is 5.60 Å². The van der Waals surface area contributed by atoms with E-state index in [2.05, 4.69) is 34.5 Å². The lowest BCUT2D eigenvalue weighted by molar-refractivity contribution is -0.134. The highest BCUT2D eigenvalue weighted by Gasteiger charge is 2.40. The molecule has 1 aliphatic heterocycles. The fourth-order valence-electron chi connectivity index (χ4n) is 5.22. The number of hydrogen-bond acceptors (Lipinski definition) is 3. The number of nitrogens with one attached hydrogen (secondary N) is 1. The minimum Gasteiger partial charge on any atom is -0.486 e. The van der Waals surface area contributed by atoms with Gasteiger partial charge in [0.25, 0.3) is 0 Å². The summed E-state index contributed by atoms with van der Waals surface area (Å²) < 4.78 is 6.53. The van der Waals surface area contributed by atoms with E-state index in [0.29, 0.717) is 17.9 Å². The maximum atomic E-state index is 12.8. The van der Waals surface area contributed by atoms with Crippen LogP contribution < -0.4 is 10.1 Å². The summed E-state index contributed by atoms with van der Waals surface area (Å²) in [6, 6.07) is 8.74. The summed E-state index contributed by atoms with van der Waals surface area (Å²) in [5, 5.41) is 3.58. The van der Waals surface area contributed by atoms with Gasteiger partial charge in [-0.2, -0.15) is 0 Å². The average Bonchev–Trinajstić information content (AvgIpc) is 2.88. The van der Waals surface area contributed by atoms with Crippen molar-refractivity contribution in [2.24, 2.45) is 5.92 Å². The van der Waals surface area contributed by atoms with Gasteiger partial charge in [0, 0.05) is 38.2 Å². The van der Waals surface area contributed by atoms with Crippen molar-refractivity contribution in [3.63, 3.8) is 0 Å². The van der Waals surface area contributed by atoms with Gasteiger partial charge in [-0.05, 0) is 50.5 Å². The molecule has 1 aromatic carbocycles. The third-order valence-electron chi connectivity index (χ3n) is 7.06. The molecular formula is C23H34N2O2. The number of carbonyl (C=O) groups is 1. The van der Waals surface area contributed by atoms with Crippen LogP contribution in [0.15, 0.2) is 24.3 Å². The SMILES string of the molecule is CN(C(=O)CC1CCCCC1)C1CCC2(CC1)CNCc1ccccc1O2. The normalized spacial score (nSPS) is 28.9. The maximum absolute atomic E-state index is 12.8. The lowest BCUT2D eigenvalue weighted by Crippen LogP contribution is -2.51. The molecule has 1 N–H and O–H groups in total. The minimum absolute atomic E-state index is 0.115. The summed E-state index contributed by atoms with van der Waals surface area (Å²) in [4.78, 5) is 14.8. The number of ether oxygens (including phenoxy) is 1. The molecule has 2 fully saturated rings. The van der Waals surface area contributed by atoms with Gasteiger partial charge in [-0.3, -0.25) is 4.79 Å². The molecule has 0 saturated heterocycles. The number of amides is 1. The molecule has 0 radical (unpaired) electrons. The number of para-hydroxylation sites is 1. The van der Waals surface area contributed by atoms with Crippen molar-refractivity contribution in [3.05, 3.63) is 29.8 Å². The van der Waals surface area contributed by atoms with E-state index in [1.165, 1.54) is 37.7 Å². The van der Waals surface area contributed by atoms with Crippen molar-refractivity contribution in [3.8, 4) is 5.75 Å². The predicted molar refractivity (Wildman–Crippen MR) is 108 cm³/mol. The molecule has 1 spiro atoms. The van der Waals surface area contributed by atoms with Crippen LogP contribution in [0.5, 0.6) is 5.75 Å². The Bertz CT molecular complexity index is 646. The molecule has 0 aromatic heterocycles. The molecule has 27 heavy (non-hydrogen) atoms. The maximum Gasteiger partial charge on any atom is 0.222 e. The van der Waals surface area contributed by atoms with Gasteiger partial charge < -0.3 is 15.0 Å². The van der Waals surface area contributed by atoms with E-state index in [0.717, 1.165) is 50.9 Å². The third kappa shape index (κ3) is 4.31. The average molecular weight is 371 g/mol. The van der Waals surface area contributed by atoms with Crippen LogP contribution in [0, 0.1) is 5.92 Å². The standard InChI is InChI=1S/C23H34N2O2/c1-25(22(26)15-18-7-3-2-4-8-18)20-11-13-23(14-12-20)17-24-16-19-9-5-6-10-21(19)27-23/h5-6,9-10,18,20,24H,2-4,7-8,11-17H2,1H3. The van der Waals surface area contributed by atoms with Gasteiger partial charge in [0.15, 0.2) is 0 Å². The highest BCUT2D eigenvalue weighted by molar-refractivity contribution is 5.76. The number of fused-ring (bicyclic) bond motifs is 1. The Morgan fingerprint density at radius 1 is 1.15 bits per heavy atom. The molecule has 4 heteroatoms. The first-order valence-electron chi connectivity index (χ1n) is 10.9. The monoisotopic (exact) mass is 370 g/mol. The Morgan fingerprint density at radius 2 is 1.89 bits per heavy atom. The van der Waals surface area contributed by atoms with E-state index in [4.69, 9.17) is 4.74 Å². The molecule has 4 nitrogen and oxygen atoms in total. The van der Waals surface area contributed by atoms with Gasteiger partial charge in [-0.15, -0.1) is 0 Å².